The Bertz CT molecular complexity index is 631. The number of halogens is 1. The van der Waals surface area contributed by atoms with Crippen LogP contribution in [0.15, 0.2) is 41.6 Å². The fraction of sp³-hybridized carbons (Fsp3) is 0.143. The molecule has 0 aliphatic heterocycles. The number of aromatic nitrogens is 1. The molecule has 1 heterocycles. The SMILES string of the molecule is Cc1ccc(C(=O)N/N=C\c2cccn2C)c(Cl)c1. The fourth-order valence-electron chi connectivity index (χ4n) is 1.63. The van der Waals surface area contributed by atoms with Crippen LogP contribution in [0.1, 0.15) is 21.6 Å². The highest BCUT2D eigenvalue weighted by Gasteiger charge is 2.08. The van der Waals surface area contributed by atoms with E-state index in [9.17, 15) is 4.79 Å². The monoisotopic (exact) mass is 275 g/mol. The number of hydrogen-bond acceptors (Lipinski definition) is 2. The molecule has 0 radical (unpaired) electrons. The number of hydrogen-bond donors (Lipinski definition) is 1. The molecule has 0 saturated heterocycles. The molecule has 1 aromatic heterocycles. The molecule has 0 fully saturated rings. The first-order valence-electron chi connectivity index (χ1n) is 5.79. The van der Waals surface area contributed by atoms with E-state index in [1.165, 1.54) is 0 Å². The zero-order valence-corrected chi connectivity index (χ0v) is 11.5. The van der Waals surface area contributed by atoms with Gasteiger partial charge in [0.15, 0.2) is 0 Å². The minimum atomic E-state index is -0.324. The van der Waals surface area contributed by atoms with E-state index >= 15 is 0 Å². The van der Waals surface area contributed by atoms with Crippen molar-refractivity contribution in [2.75, 3.05) is 0 Å². The summed E-state index contributed by atoms with van der Waals surface area (Å²) in [5.41, 5.74) is 4.78. The quantitative estimate of drug-likeness (QED) is 0.679. The van der Waals surface area contributed by atoms with Gasteiger partial charge in [0.1, 0.15) is 0 Å². The molecule has 0 unspecified atom stereocenters. The lowest BCUT2D eigenvalue weighted by molar-refractivity contribution is 0.0955. The van der Waals surface area contributed by atoms with Crippen LogP contribution >= 0.6 is 11.6 Å². The van der Waals surface area contributed by atoms with E-state index in [1.807, 2.05) is 42.9 Å². The van der Waals surface area contributed by atoms with Crippen molar-refractivity contribution in [3.63, 3.8) is 0 Å². The average Bonchev–Trinajstić information content (AvgIpc) is 2.75. The number of hydrazone groups is 1. The van der Waals surface area contributed by atoms with Crippen molar-refractivity contribution < 1.29 is 4.79 Å². The second kappa shape index (κ2) is 5.71. The van der Waals surface area contributed by atoms with Gasteiger partial charge in [-0.3, -0.25) is 4.79 Å². The predicted octanol–water partition coefficient (Wildman–Crippen LogP) is 2.75. The van der Waals surface area contributed by atoms with Crippen LogP contribution in [-0.4, -0.2) is 16.7 Å². The van der Waals surface area contributed by atoms with Crippen molar-refractivity contribution in [3.05, 3.63) is 58.4 Å². The molecule has 0 atom stereocenters. The number of benzene rings is 1. The molecule has 1 N–H and O–H groups in total. The Balaban J connectivity index is 2.06. The maximum Gasteiger partial charge on any atom is 0.272 e. The molecular formula is C14H14ClN3O. The van der Waals surface area contributed by atoms with Crippen molar-refractivity contribution in [2.45, 2.75) is 6.92 Å². The van der Waals surface area contributed by atoms with E-state index in [2.05, 4.69) is 10.5 Å². The molecule has 1 aromatic carbocycles. The van der Waals surface area contributed by atoms with Crippen molar-refractivity contribution >= 4 is 23.7 Å². The van der Waals surface area contributed by atoms with Crippen molar-refractivity contribution in [3.8, 4) is 0 Å². The first-order valence-corrected chi connectivity index (χ1v) is 6.16. The van der Waals surface area contributed by atoms with Crippen LogP contribution in [0.25, 0.3) is 0 Å². The smallest absolute Gasteiger partial charge is 0.272 e. The summed E-state index contributed by atoms with van der Waals surface area (Å²) in [5.74, 6) is -0.324. The Morgan fingerprint density at radius 2 is 2.21 bits per heavy atom. The summed E-state index contributed by atoms with van der Waals surface area (Å²) in [6.45, 7) is 1.92. The van der Waals surface area contributed by atoms with E-state index in [0.717, 1.165) is 11.3 Å². The highest BCUT2D eigenvalue weighted by Crippen LogP contribution is 2.17. The van der Waals surface area contributed by atoms with Gasteiger partial charge < -0.3 is 4.57 Å². The van der Waals surface area contributed by atoms with Gasteiger partial charge >= 0.3 is 0 Å². The minimum absolute atomic E-state index is 0.324. The molecule has 5 heteroatoms. The topological polar surface area (TPSA) is 46.4 Å². The average molecular weight is 276 g/mol. The van der Waals surface area contributed by atoms with Gasteiger partial charge in [0.25, 0.3) is 5.91 Å². The van der Waals surface area contributed by atoms with E-state index < -0.39 is 0 Å². The lowest BCUT2D eigenvalue weighted by atomic mass is 10.1. The van der Waals surface area contributed by atoms with Gasteiger partial charge in [0.2, 0.25) is 0 Å². The molecule has 0 saturated carbocycles. The standard InChI is InChI=1S/C14H14ClN3O/c1-10-5-6-12(13(15)8-10)14(19)17-16-9-11-4-3-7-18(11)2/h3-9H,1-2H3,(H,17,19)/b16-9-. The lowest BCUT2D eigenvalue weighted by Gasteiger charge is -2.03. The van der Waals surface area contributed by atoms with Crippen LogP contribution in [0.2, 0.25) is 5.02 Å². The van der Waals surface area contributed by atoms with Crippen LogP contribution in [-0.2, 0) is 7.05 Å². The summed E-state index contributed by atoms with van der Waals surface area (Å²) in [5, 5.41) is 4.33. The van der Waals surface area contributed by atoms with Crippen LogP contribution in [0.3, 0.4) is 0 Å². The van der Waals surface area contributed by atoms with E-state index in [-0.39, 0.29) is 5.91 Å². The second-order valence-electron chi connectivity index (χ2n) is 4.23. The second-order valence-corrected chi connectivity index (χ2v) is 4.63. The number of carbonyl (C=O) groups is 1. The summed E-state index contributed by atoms with van der Waals surface area (Å²) in [6, 6.07) is 9.07. The van der Waals surface area contributed by atoms with Crippen LogP contribution in [0, 0.1) is 6.92 Å². The maximum absolute atomic E-state index is 11.9. The van der Waals surface area contributed by atoms with Gasteiger partial charge in [0.05, 0.1) is 22.5 Å². The Kier molecular flexibility index (Phi) is 4.02. The van der Waals surface area contributed by atoms with Crippen molar-refractivity contribution in [1.82, 2.24) is 9.99 Å². The molecule has 98 valence electrons. The van der Waals surface area contributed by atoms with Crippen LogP contribution in [0.5, 0.6) is 0 Å². The number of amides is 1. The third-order valence-corrected chi connectivity index (χ3v) is 3.03. The number of nitrogens with one attached hydrogen (secondary N) is 1. The minimum Gasteiger partial charge on any atom is -0.350 e. The molecule has 1 amide bonds. The maximum atomic E-state index is 11.9. The van der Waals surface area contributed by atoms with Gasteiger partial charge in [-0.2, -0.15) is 5.10 Å². The van der Waals surface area contributed by atoms with E-state index in [1.54, 1.807) is 18.3 Å². The first kappa shape index (κ1) is 13.4. The van der Waals surface area contributed by atoms with Gasteiger partial charge in [0, 0.05) is 13.2 Å². The molecule has 19 heavy (non-hydrogen) atoms. The normalized spacial score (nSPS) is 10.9. The predicted molar refractivity (Wildman–Crippen MR) is 76.7 cm³/mol. The molecular weight excluding hydrogens is 262 g/mol. The van der Waals surface area contributed by atoms with Gasteiger partial charge in [-0.1, -0.05) is 17.7 Å². The summed E-state index contributed by atoms with van der Waals surface area (Å²) < 4.78 is 1.90. The lowest BCUT2D eigenvalue weighted by Crippen LogP contribution is -2.18. The Labute approximate surface area is 116 Å². The third kappa shape index (κ3) is 3.23. The summed E-state index contributed by atoms with van der Waals surface area (Å²) in [4.78, 5) is 11.9. The molecule has 0 aliphatic carbocycles. The molecule has 4 nitrogen and oxygen atoms in total. The third-order valence-electron chi connectivity index (χ3n) is 2.72. The van der Waals surface area contributed by atoms with Crippen molar-refractivity contribution in [1.29, 1.82) is 0 Å². The highest BCUT2D eigenvalue weighted by molar-refractivity contribution is 6.33. The van der Waals surface area contributed by atoms with E-state index in [0.29, 0.717) is 10.6 Å². The molecule has 0 bridgehead atoms. The first-order chi connectivity index (χ1) is 9.08. The van der Waals surface area contributed by atoms with E-state index in [4.69, 9.17) is 11.6 Å². The Morgan fingerprint density at radius 1 is 1.42 bits per heavy atom. The largest absolute Gasteiger partial charge is 0.350 e. The van der Waals surface area contributed by atoms with Gasteiger partial charge in [-0.15, -0.1) is 0 Å². The van der Waals surface area contributed by atoms with Gasteiger partial charge in [-0.05, 0) is 36.8 Å². The Hall–Kier alpha value is -2.07. The zero-order chi connectivity index (χ0) is 13.8. The number of aryl methyl sites for hydroxylation is 2. The van der Waals surface area contributed by atoms with Crippen LogP contribution < -0.4 is 5.43 Å². The molecule has 2 aromatic rings. The van der Waals surface area contributed by atoms with Crippen LogP contribution in [0.4, 0.5) is 0 Å². The number of rotatable bonds is 3. The van der Waals surface area contributed by atoms with Gasteiger partial charge in [-0.25, -0.2) is 5.43 Å². The van der Waals surface area contributed by atoms with Crippen molar-refractivity contribution in [2.24, 2.45) is 12.1 Å². The molecule has 0 aliphatic rings. The fourth-order valence-corrected chi connectivity index (χ4v) is 1.95. The number of nitrogens with zero attached hydrogens (tertiary/aromatic N) is 2. The zero-order valence-electron chi connectivity index (χ0n) is 10.7. The molecule has 2 rings (SSSR count). The Morgan fingerprint density at radius 3 is 2.84 bits per heavy atom. The summed E-state index contributed by atoms with van der Waals surface area (Å²) in [7, 11) is 1.90. The summed E-state index contributed by atoms with van der Waals surface area (Å²) in [6.07, 6.45) is 3.49. The summed E-state index contributed by atoms with van der Waals surface area (Å²) >= 11 is 6.01. The highest BCUT2D eigenvalue weighted by atomic mass is 35.5. The molecule has 0 spiro atoms. The number of carbonyl (C=O) groups excluding carboxylic acids is 1.